The second kappa shape index (κ2) is 5.35. The molecule has 4 nitrogen and oxygen atoms in total. The topological polar surface area (TPSA) is 61.7 Å². The SMILES string of the molecule is O=C1CCCCC1=NNc1cc(O)c(Cl)cc1F. The molecule has 1 aromatic carbocycles. The maximum atomic E-state index is 13.5. The second-order valence-corrected chi connectivity index (χ2v) is 4.49. The molecule has 2 rings (SSSR count). The molecule has 0 amide bonds. The van der Waals surface area contributed by atoms with E-state index in [1.165, 1.54) is 0 Å². The van der Waals surface area contributed by atoms with Crippen LogP contribution in [-0.2, 0) is 4.79 Å². The number of nitrogens with one attached hydrogen (secondary N) is 1. The first-order chi connectivity index (χ1) is 8.58. The summed E-state index contributed by atoms with van der Waals surface area (Å²) in [7, 11) is 0. The van der Waals surface area contributed by atoms with Gasteiger partial charge in [-0.05, 0) is 25.3 Å². The molecule has 2 N–H and O–H groups in total. The van der Waals surface area contributed by atoms with Crippen LogP contribution in [-0.4, -0.2) is 16.6 Å². The van der Waals surface area contributed by atoms with Crippen molar-refractivity contribution in [1.29, 1.82) is 0 Å². The van der Waals surface area contributed by atoms with E-state index in [0.29, 0.717) is 18.6 Å². The van der Waals surface area contributed by atoms with Gasteiger partial charge in [0.15, 0.2) is 5.78 Å². The van der Waals surface area contributed by atoms with E-state index in [-0.39, 0.29) is 22.2 Å². The third kappa shape index (κ3) is 2.79. The Morgan fingerprint density at radius 3 is 2.78 bits per heavy atom. The zero-order valence-corrected chi connectivity index (χ0v) is 10.3. The lowest BCUT2D eigenvalue weighted by Gasteiger charge is -2.12. The number of phenols is 1. The van der Waals surface area contributed by atoms with Crippen LogP contribution in [0.15, 0.2) is 17.2 Å². The van der Waals surface area contributed by atoms with Crippen molar-refractivity contribution in [1.82, 2.24) is 0 Å². The number of halogens is 2. The van der Waals surface area contributed by atoms with E-state index in [1.807, 2.05) is 0 Å². The van der Waals surface area contributed by atoms with Crippen molar-refractivity contribution < 1.29 is 14.3 Å². The van der Waals surface area contributed by atoms with Gasteiger partial charge < -0.3 is 5.11 Å². The number of carbonyl (C=O) groups is 1. The fourth-order valence-corrected chi connectivity index (χ4v) is 1.88. The van der Waals surface area contributed by atoms with Crippen molar-refractivity contribution in [3.63, 3.8) is 0 Å². The summed E-state index contributed by atoms with van der Waals surface area (Å²) in [6, 6.07) is 2.12. The van der Waals surface area contributed by atoms with Crippen molar-refractivity contribution in [2.24, 2.45) is 5.10 Å². The average Bonchev–Trinajstić information content (AvgIpc) is 2.34. The highest BCUT2D eigenvalue weighted by molar-refractivity contribution is 6.40. The molecule has 0 saturated heterocycles. The van der Waals surface area contributed by atoms with Crippen molar-refractivity contribution in [2.75, 3.05) is 5.43 Å². The molecule has 1 fully saturated rings. The van der Waals surface area contributed by atoms with Crippen molar-refractivity contribution in [3.05, 3.63) is 23.0 Å². The van der Waals surface area contributed by atoms with Gasteiger partial charge in [0.1, 0.15) is 17.3 Å². The Morgan fingerprint density at radius 1 is 1.33 bits per heavy atom. The van der Waals surface area contributed by atoms with Crippen LogP contribution in [0, 0.1) is 5.82 Å². The van der Waals surface area contributed by atoms with Crippen LogP contribution in [0.3, 0.4) is 0 Å². The molecule has 96 valence electrons. The fourth-order valence-electron chi connectivity index (χ4n) is 1.73. The zero-order valence-electron chi connectivity index (χ0n) is 9.54. The summed E-state index contributed by atoms with van der Waals surface area (Å²) in [5.74, 6) is -0.895. The molecule has 1 aliphatic rings. The Balaban J connectivity index is 2.17. The standard InChI is InChI=1S/C12H12ClFN2O2/c13-7-5-8(14)10(6-12(7)18)16-15-9-3-1-2-4-11(9)17/h5-6,16,18H,1-4H2. The van der Waals surface area contributed by atoms with Gasteiger partial charge in [-0.2, -0.15) is 5.10 Å². The Kier molecular flexibility index (Phi) is 3.81. The number of Topliss-reactive ketones (excluding diaryl/α,β-unsaturated/α-hetero) is 1. The lowest BCUT2D eigenvalue weighted by Crippen LogP contribution is -2.19. The number of phenolic OH excluding ortho intramolecular Hbond substituents is 1. The predicted molar refractivity (Wildman–Crippen MR) is 67.6 cm³/mol. The minimum atomic E-state index is -0.634. The number of benzene rings is 1. The quantitative estimate of drug-likeness (QED) is 0.812. The highest BCUT2D eigenvalue weighted by atomic mass is 35.5. The number of nitrogens with zero attached hydrogens (tertiary/aromatic N) is 1. The molecule has 0 spiro atoms. The monoisotopic (exact) mass is 270 g/mol. The number of rotatable bonds is 2. The molecule has 0 unspecified atom stereocenters. The summed E-state index contributed by atoms with van der Waals surface area (Å²) >= 11 is 5.55. The summed E-state index contributed by atoms with van der Waals surface area (Å²) in [5.41, 5.74) is 2.86. The van der Waals surface area contributed by atoms with E-state index in [1.54, 1.807) is 0 Å². The van der Waals surface area contributed by atoms with Crippen LogP contribution in [0.5, 0.6) is 5.75 Å². The van der Waals surface area contributed by atoms with Crippen LogP contribution >= 0.6 is 11.6 Å². The number of hydrogen-bond acceptors (Lipinski definition) is 4. The van der Waals surface area contributed by atoms with Crippen LogP contribution < -0.4 is 5.43 Å². The normalized spacial score (nSPS) is 18.1. The maximum Gasteiger partial charge on any atom is 0.178 e. The Hall–Kier alpha value is -1.62. The Bertz CT molecular complexity index is 517. The molecule has 0 aliphatic heterocycles. The number of hydrazone groups is 1. The molecular formula is C12H12ClFN2O2. The highest BCUT2D eigenvalue weighted by Gasteiger charge is 2.16. The minimum Gasteiger partial charge on any atom is -0.506 e. The van der Waals surface area contributed by atoms with E-state index in [9.17, 15) is 14.3 Å². The van der Waals surface area contributed by atoms with Crippen molar-refractivity contribution in [2.45, 2.75) is 25.7 Å². The average molecular weight is 271 g/mol. The van der Waals surface area contributed by atoms with E-state index < -0.39 is 5.82 Å². The molecule has 6 heteroatoms. The van der Waals surface area contributed by atoms with Gasteiger partial charge >= 0.3 is 0 Å². The van der Waals surface area contributed by atoms with Gasteiger partial charge in [0.25, 0.3) is 0 Å². The summed E-state index contributed by atoms with van der Waals surface area (Å²) in [6.45, 7) is 0. The zero-order chi connectivity index (χ0) is 13.1. The number of anilines is 1. The van der Waals surface area contributed by atoms with Gasteiger partial charge in [-0.25, -0.2) is 4.39 Å². The Labute approximate surface area is 108 Å². The number of carbonyl (C=O) groups excluding carboxylic acids is 1. The van der Waals surface area contributed by atoms with Crippen LogP contribution in [0.2, 0.25) is 5.02 Å². The van der Waals surface area contributed by atoms with Crippen molar-refractivity contribution in [3.8, 4) is 5.75 Å². The number of ketones is 1. The van der Waals surface area contributed by atoms with Gasteiger partial charge in [-0.3, -0.25) is 10.2 Å². The molecule has 1 saturated carbocycles. The maximum absolute atomic E-state index is 13.5. The largest absolute Gasteiger partial charge is 0.506 e. The number of hydrogen-bond donors (Lipinski definition) is 2. The first-order valence-corrected chi connectivity index (χ1v) is 5.99. The Morgan fingerprint density at radius 2 is 2.06 bits per heavy atom. The minimum absolute atomic E-state index is 0.0113. The lowest BCUT2D eigenvalue weighted by atomic mass is 9.97. The third-order valence-corrected chi connectivity index (χ3v) is 3.04. The van der Waals surface area contributed by atoms with Crippen LogP contribution in [0.25, 0.3) is 0 Å². The van der Waals surface area contributed by atoms with E-state index in [4.69, 9.17) is 11.6 Å². The molecule has 0 atom stereocenters. The lowest BCUT2D eigenvalue weighted by molar-refractivity contribution is -0.113. The molecule has 0 aromatic heterocycles. The summed E-state index contributed by atoms with van der Waals surface area (Å²) in [6.07, 6.45) is 2.84. The molecule has 0 bridgehead atoms. The summed E-state index contributed by atoms with van der Waals surface area (Å²) < 4.78 is 13.5. The van der Waals surface area contributed by atoms with Gasteiger partial charge in [-0.15, -0.1) is 0 Å². The van der Waals surface area contributed by atoms with Crippen molar-refractivity contribution >= 4 is 28.8 Å². The van der Waals surface area contributed by atoms with E-state index >= 15 is 0 Å². The van der Waals surface area contributed by atoms with Crippen LogP contribution in [0.1, 0.15) is 25.7 Å². The fraction of sp³-hybridized carbons (Fsp3) is 0.333. The van der Waals surface area contributed by atoms with Gasteiger partial charge in [-0.1, -0.05) is 11.6 Å². The second-order valence-electron chi connectivity index (χ2n) is 4.08. The number of aromatic hydroxyl groups is 1. The highest BCUT2D eigenvalue weighted by Crippen LogP contribution is 2.29. The molecule has 1 aromatic rings. The van der Waals surface area contributed by atoms with Gasteiger partial charge in [0, 0.05) is 12.5 Å². The van der Waals surface area contributed by atoms with E-state index in [0.717, 1.165) is 25.0 Å². The van der Waals surface area contributed by atoms with Crippen LogP contribution in [0.4, 0.5) is 10.1 Å². The molecule has 0 radical (unpaired) electrons. The summed E-state index contributed by atoms with van der Waals surface area (Å²) in [5, 5.41) is 13.2. The molecule has 1 aliphatic carbocycles. The first-order valence-electron chi connectivity index (χ1n) is 5.61. The molecule has 18 heavy (non-hydrogen) atoms. The van der Waals surface area contributed by atoms with Gasteiger partial charge in [0.05, 0.1) is 10.7 Å². The third-order valence-electron chi connectivity index (χ3n) is 2.74. The van der Waals surface area contributed by atoms with E-state index in [2.05, 4.69) is 10.5 Å². The molecule has 0 heterocycles. The smallest absolute Gasteiger partial charge is 0.178 e. The summed E-state index contributed by atoms with van der Waals surface area (Å²) in [4.78, 5) is 11.5. The van der Waals surface area contributed by atoms with Gasteiger partial charge in [0.2, 0.25) is 0 Å². The molecular weight excluding hydrogens is 259 g/mol. The first kappa shape index (κ1) is 12.8. The predicted octanol–water partition coefficient (Wildman–Crippen LogP) is 3.10.